The molecule has 0 rings (SSSR count). The van der Waals surface area contributed by atoms with E-state index in [1.165, 1.54) is 167 Å². The molecule has 482 valence electrons. The molecule has 0 heterocycles. The van der Waals surface area contributed by atoms with Gasteiger partial charge in [0.2, 0.25) is 5.91 Å². The number of phosphoric ester groups is 1. The summed E-state index contributed by atoms with van der Waals surface area (Å²) in [5, 5.41) is 13.9. The number of rotatable bonds is 62. The molecule has 0 spiro atoms. The van der Waals surface area contributed by atoms with Crippen LogP contribution in [0.1, 0.15) is 284 Å². The second kappa shape index (κ2) is 64.1. The molecule has 3 unspecified atom stereocenters. The van der Waals surface area contributed by atoms with Crippen molar-refractivity contribution in [3.05, 3.63) is 134 Å². The Morgan fingerprint density at radius 3 is 1.11 bits per heavy atom. The number of aliphatic hydroxyl groups excluding tert-OH is 1. The Morgan fingerprint density at radius 1 is 0.429 bits per heavy atom. The molecular weight excluding hydrogens is 1060 g/mol. The zero-order valence-corrected chi connectivity index (χ0v) is 56.0. The number of phosphoric acid groups is 1. The maximum atomic E-state index is 13.0. The van der Waals surface area contributed by atoms with Crippen LogP contribution in [0.5, 0.6) is 0 Å². The van der Waals surface area contributed by atoms with Gasteiger partial charge < -0.3 is 28.8 Å². The molecule has 0 saturated heterocycles. The summed E-state index contributed by atoms with van der Waals surface area (Å²) in [6, 6.07) is -0.921. The molecule has 0 aromatic carbocycles. The van der Waals surface area contributed by atoms with Crippen LogP contribution < -0.4 is 10.2 Å². The highest BCUT2D eigenvalue weighted by Crippen LogP contribution is 2.38. The Kier molecular flexibility index (Phi) is 61.6. The summed E-state index contributed by atoms with van der Waals surface area (Å²) in [5.74, 6) is -0.217. The van der Waals surface area contributed by atoms with Crippen molar-refractivity contribution >= 4 is 13.7 Å². The Bertz CT molecular complexity index is 1830. The van der Waals surface area contributed by atoms with E-state index in [-0.39, 0.29) is 12.5 Å². The number of aliphatic hydroxyl groups is 1. The van der Waals surface area contributed by atoms with E-state index < -0.39 is 26.6 Å². The number of hydrogen-bond donors (Lipinski definition) is 2. The van der Waals surface area contributed by atoms with Crippen LogP contribution in [0.2, 0.25) is 0 Å². The molecule has 0 aliphatic heterocycles. The van der Waals surface area contributed by atoms with Gasteiger partial charge in [0.05, 0.1) is 39.9 Å². The lowest BCUT2D eigenvalue weighted by Gasteiger charge is -2.29. The van der Waals surface area contributed by atoms with Crippen LogP contribution in [0.4, 0.5) is 0 Å². The summed E-state index contributed by atoms with van der Waals surface area (Å²) in [6.07, 6.45) is 97.1. The maximum Gasteiger partial charge on any atom is 0.268 e. The molecule has 0 fully saturated rings. The second-order valence-corrected chi connectivity index (χ2v) is 25.5. The lowest BCUT2D eigenvalue weighted by atomic mass is 10.0. The van der Waals surface area contributed by atoms with Crippen LogP contribution in [0.15, 0.2) is 134 Å². The van der Waals surface area contributed by atoms with Crippen LogP contribution in [0.25, 0.3) is 0 Å². The van der Waals surface area contributed by atoms with Gasteiger partial charge in [-0.3, -0.25) is 9.36 Å². The smallest absolute Gasteiger partial charge is 0.268 e. The fourth-order valence-electron chi connectivity index (χ4n) is 9.50. The van der Waals surface area contributed by atoms with Gasteiger partial charge in [0.15, 0.2) is 0 Å². The number of nitrogens with zero attached hydrogens (tertiary/aromatic N) is 1. The number of carbonyl (C=O) groups excluding carboxylic acids is 1. The average molecular weight is 1190 g/mol. The van der Waals surface area contributed by atoms with Crippen molar-refractivity contribution in [3.63, 3.8) is 0 Å². The maximum absolute atomic E-state index is 13.0. The van der Waals surface area contributed by atoms with Crippen LogP contribution in [-0.4, -0.2) is 68.5 Å². The summed E-state index contributed by atoms with van der Waals surface area (Å²) in [5.41, 5.74) is 0. The van der Waals surface area contributed by atoms with Crippen molar-refractivity contribution in [3.8, 4) is 0 Å². The summed E-state index contributed by atoms with van der Waals surface area (Å²) in [6.45, 7) is 4.52. The van der Waals surface area contributed by atoms with Gasteiger partial charge in [-0.1, -0.05) is 302 Å². The molecule has 0 saturated carbocycles. The van der Waals surface area contributed by atoms with Gasteiger partial charge in [-0.05, 0) is 109 Å². The van der Waals surface area contributed by atoms with Gasteiger partial charge >= 0.3 is 0 Å². The topological polar surface area (TPSA) is 108 Å². The minimum Gasteiger partial charge on any atom is -0.756 e. The van der Waals surface area contributed by atoms with Crippen LogP contribution in [0.3, 0.4) is 0 Å². The molecule has 84 heavy (non-hydrogen) atoms. The standard InChI is InChI=1S/C75H131N2O6P/c1-6-8-10-12-14-16-18-20-22-24-26-28-30-32-33-34-35-36-37-38-39-40-41-42-43-45-47-49-51-53-55-57-59-61-63-65-67-69-75(79)76-73(72-83-84(80,81)82-71-70-77(3,4)5)74(78)68-66-64-62-60-58-56-54-52-50-48-46-44-31-29-27-25-23-21-19-17-15-13-11-9-7-2/h8,10,14,16,20,22,26,28,32-33,35-36,38-39,41-42,50,52,58,60,66,68,73-74,78H,6-7,9,11-13,15,17-19,21,23-25,27,29-31,34,37,40,43-49,51,53-57,59,61-65,67,69-72H2,1-5H3,(H-,76,79,80,81)/b10-8-,16-14-,22-20-,28-26-,33-32-,36-35-,39-38-,42-41-,52-50+,60-58+,68-66+. The molecule has 1 amide bonds. The molecule has 3 atom stereocenters. The molecule has 8 nitrogen and oxygen atoms in total. The Labute approximate surface area is 519 Å². The summed E-state index contributed by atoms with van der Waals surface area (Å²) >= 11 is 0. The van der Waals surface area contributed by atoms with Crippen LogP contribution in [0, 0.1) is 0 Å². The first-order valence-corrected chi connectivity index (χ1v) is 36.0. The summed E-state index contributed by atoms with van der Waals surface area (Å²) < 4.78 is 23.4. The van der Waals surface area contributed by atoms with Crippen molar-refractivity contribution in [2.75, 3.05) is 40.9 Å². The highest BCUT2D eigenvalue weighted by atomic mass is 31.2. The number of quaternary nitrogens is 1. The Balaban J connectivity index is 4.17. The van der Waals surface area contributed by atoms with Crippen molar-refractivity contribution in [2.24, 2.45) is 0 Å². The van der Waals surface area contributed by atoms with Crippen molar-refractivity contribution in [1.29, 1.82) is 0 Å². The van der Waals surface area contributed by atoms with Gasteiger partial charge in [0.25, 0.3) is 7.82 Å². The fraction of sp³-hybridized carbons (Fsp3) is 0.693. The number of carbonyl (C=O) groups is 1. The normalized spacial score (nSPS) is 14.5. The zero-order valence-electron chi connectivity index (χ0n) is 55.1. The Morgan fingerprint density at radius 2 is 0.738 bits per heavy atom. The average Bonchev–Trinajstić information content (AvgIpc) is 3.56. The van der Waals surface area contributed by atoms with Gasteiger partial charge in [-0.25, -0.2) is 0 Å². The molecule has 0 bridgehead atoms. The van der Waals surface area contributed by atoms with E-state index in [0.29, 0.717) is 17.4 Å². The predicted molar refractivity (Wildman–Crippen MR) is 366 cm³/mol. The van der Waals surface area contributed by atoms with E-state index in [0.717, 1.165) is 96.3 Å². The lowest BCUT2D eigenvalue weighted by Crippen LogP contribution is -2.45. The van der Waals surface area contributed by atoms with Gasteiger partial charge in [-0.2, -0.15) is 0 Å². The number of likely N-dealkylation sites (N-methyl/N-ethyl adjacent to an activating group) is 1. The van der Waals surface area contributed by atoms with Crippen molar-refractivity contribution < 1.29 is 32.9 Å². The summed E-state index contributed by atoms with van der Waals surface area (Å²) in [4.78, 5) is 25.6. The quantitative estimate of drug-likeness (QED) is 0.0272. The molecule has 0 aromatic rings. The molecule has 0 aromatic heterocycles. The van der Waals surface area contributed by atoms with Gasteiger partial charge in [-0.15, -0.1) is 0 Å². The Hall–Kier alpha value is -3.36. The molecule has 0 aliphatic rings. The SMILES string of the molecule is CC/C=C\C/C=C\C/C=C\C/C=C\C/C=C\C/C=C\C/C=C\C/C=C\CCCCCCCCCCCCCCC(=O)NC(COP(=O)([O-])OCC[N+](C)(C)C)C(O)/C=C/CC/C=C/CC/C=C/CCCCCCCCCCCCCCCCC. The number of unbranched alkanes of at least 4 members (excludes halogenated alkanes) is 29. The molecule has 0 radical (unpaired) electrons. The number of amides is 1. The number of hydrogen-bond acceptors (Lipinski definition) is 6. The fourth-order valence-corrected chi connectivity index (χ4v) is 10.2. The summed E-state index contributed by atoms with van der Waals surface area (Å²) in [7, 11) is 1.22. The molecule has 0 aliphatic carbocycles. The molecule has 9 heteroatoms. The lowest BCUT2D eigenvalue weighted by molar-refractivity contribution is -0.870. The monoisotopic (exact) mass is 1190 g/mol. The minimum absolute atomic E-state index is 0.0149. The van der Waals surface area contributed by atoms with Gasteiger partial charge in [0.1, 0.15) is 13.2 Å². The van der Waals surface area contributed by atoms with Crippen molar-refractivity contribution in [2.45, 2.75) is 296 Å². The largest absolute Gasteiger partial charge is 0.756 e. The number of nitrogens with one attached hydrogen (secondary N) is 1. The van der Waals surface area contributed by atoms with E-state index in [2.05, 4.69) is 141 Å². The molecular formula is C75H131N2O6P. The van der Waals surface area contributed by atoms with Gasteiger partial charge in [0, 0.05) is 6.42 Å². The highest BCUT2D eigenvalue weighted by molar-refractivity contribution is 7.45. The minimum atomic E-state index is -4.62. The third-order valence-electron chi connectivity index (χ3n) is 14.8. The first-order valence-electron chi connectivity index (χ1n) is 34.5. The van der Waals surface area contributed by atoms with Crippen LogP contribution >= 0.6 is 7.82 Å². The van der Waals surface area contributed by atoms with E-state index >= 15 is 0 Å². The van der Waals surface area contributed by atoms with E-state index in [9.17, 15) is 19.4 Å². The highest BCUT2D eigenvalue weighted by Gasteiger charge is 2.23. The third kappa shape index (κ3) is 66.2. The number of allylic oxidation sites excluding steroid dienone is 21. The van der Waals surface area contributed by atoms with E-state index in [1.54, 1.807) is 6.08 Å². The first kappa shape index (κ1) is 80.6. The molecule has 2 N–H and O–H groups in total. The second-order valence-electron chi connectivity index (χ2n) is 24.1. The van der Waals surface area contributed by atoms with E-state index in [4.69, 9.17) is 9.05 Å². The third-order valence-corrected chi connectivity index (χ3v) is 15.8. The zero-order chi connectivity index (χ0) is 61.2. The van der Waals surface area contributed by atoms with Crippen molar-refractivity contribution in [1.82, 2.24) is 5.32 Å². The van der Waals surface area contributed by atoms with Crippen LogP contribution in [-0.2, 0) is 18.4 Å². The predicted octanol–water partition coefficient (Wildman–Crippen LogP) is 21.6. The first-order chi connectivity index (χ1) is 41.0. The van der Waals surface area contributed by atoms with E-state index in [1.807, 2.05) is 27.2 Å².